The van der Waals surface area contributed by atoms with Gasteiger partial charge < -0.3 is 18.9 Å². The van der Waals surface area contributed by atoms with E-state index >= 15 is 0 Å². The monoisotopic (exact) mass is 834 g/mol. The highest BCUT2D eigenvalue weighted by atomic mass is 127. The van der Waals surface area contributed by atoms with Gasteiger partial charge in [-0.3, -0.25) is 9.36 Å². The number of halogens is 2. The normalized spacial score (nSPS) is 15.6. The third kappa shape index (κ3) is 6.18. The lowest BCUT2D eigenvalue weighted by Crippen LogP contribution is -2.40. The highest BCUT2D eigenvalue weighted by Gasteiger charge is 2.35. The smallest absolute Gasteiger partial charge is 0.338 e. The molecule has 0 radical (unpaired) electrons. The molecule has 0 saturated carbocycles. The number of thiazole rings is 1. The summed E-state index contributed by atoms with van der Waals surface area (Å²) in [6, 6.07) is 18.8. The summed E-state index contributed by atoms with van der Waals surface area (Å²) in [5.74, 6) is 1.52. The molecule has 44 heavy (non-hydrogen) atoms. The molecule has 8 nitrogen and oxygen atoms in total. The van der Waals surface area contributed by atoms with Crippen LogP contribution < -0.4 is 29.1 Å². The van der Waals surface area contributed by atoms with Gasteiger partial charge in [0.05, 0.1) is 35.6 Å². The zero-order valence-corrected chi connectivity index (χ0v) is 29.1. The molecule has 0 spiro atoms. The van der Waals surface area contributed by atoms with Crippen molar-refractivity contribution in [2.24, 2.45) is 4.99 Å². The number of rotatable bonds is 9. The minimum atomic E-state index is -0.725. The molecular formula is C33H28I2N2O6S. The van der Waals surface area contributed by atoms with E-state index in [0.717, 1.165) is 36.0 Å². The molecule has 4 aromatic rings. The quantitative estimate of drug-likeness (QED) is 0.150. The first-order valence-corrected chi connectivity index (χ1v) is 17.1. The van der Waals surface area contributed by atoms with Crippen LogP contribution in [0, 0.1) is 7.14 Å². The van der Waals surface area contributed by atoms with Gasteiger partial charge >= 0.3 is 5.97 Å². The number of carbonyl (C=O) groups excluding carboxylic acids is 1. The van der Waals surface area contributed by atoms with E-state index in [1.54, 1.807) is 17.6 Å². The molecular weight excluding hydrogens is 806 g/mol. The molecule has 3 aromatic carbocycles. The van der Waals surface area contributed by atoms with Gasteiger partial charge in [0.2, 0.25) is 6.79 Å². The van der Waals surface area contributed by atoms with Crippen molar-refractivity contribution in [3.63, 3.8) is 0 Å². The third-order valence-corrected chi connectivity index (χ3v) is 9.73. The standard InChI is InChI=1S/C33H28I2N2O6S/c1-3-8-24-28(32(39)40-4-2)29(21-11-12-25-26(16-21)43-18-42-25)37-31(38)27(44-33(37)36-24)15-20-13-22(34)30(23(35)14-20)41-17-19-9-6-5-7-10-19/h5-7,9-16,29H,3-4,8,17-18H2,1-2H3/b27-15-. The second-order valence-corrected chi connectivity index (χ2v) is 13.4. The molecule has 0 amide bonds. The molecule has 0 saturated heterocycles. The van der Waals surface area contributed by atoms with Crippen LogP contribution in [0.3, 0.4) is 0 Å². The number of benzene rings is 3. The number of ether oxygens (including phenoxy) is 4. The van der Waals surface area contributed by atoms with Gasteiger partial charge in [0, 0.05) is 0 Å². The zero-order valence-electron chi connectivity index (χ0n) is 24.0. The van der Waals surface area contributed by atoms with Crippen LogP contribution in [0.25, 0.3) is 6.08 Å². The van der Waals surface area contributed by atoms with Crippen LogP contribution >= 0.6 is 56.5 Å². The van der Waals surface area contributed by atoms with Crippen LogP contribution in [-0.2, 0) is 16.1 Å². The van der Waals surface area contributed by atoms with E-state index in [0.29, 0.717) is 45.1 Å². The SMILES string of the molecule is CCCC1=C(C(=O)OCC)C(c2ccc3c(c2)OCO3)n2c(s/c(=C\c3cc(I)c(OCc4ccccc4)c(I)c3)c2=O)=N1. The molecule has 3 heterocycles. The van der Waals surface area contributed by atoms with Gasteiger partial charge in [0.25, 0.3) is 5.56 Å². The number of esters is 1. The molecule has 11 heteroatoms. The molecule has 1 atom stereocenters. The van der Waals surface area contributed by atoms with E-state index in [1.807, 2.05) is 67.6 Å². The van der Waals surface area contributed by atoms with Gasteiger partial charge in [-0.1, -0.05) is 61.1 Å². The Morgan fingerprint density at radius 1 is 1.07 bits per heavy atom. The Labute approximate surface area is 285 Å². The van der Waals surface area contributed by atoms with Crippen molar-refractivity contribution < 1.29 is 23.7 Å². The van der Waals surface area contributed by atoms with E-state index < -0.39 is 12.0 Å². The topological polar surface area (TPSA) is 88.4 Å². The van der Waals surface area contributed by atoms with Crippen molar-refractivity contribution in [2.75, 3.05) is 13.4 Å². The van der Waals surface area contributed by atoms with Crippen molar-refractivity contribution in [3.8, 4) is 17.2 Å². The Morgan fingerprint density at radius 3 is 2.55 bits per heavy atom. The van der Waals surface area contributed by atoms with E-state index in [4.69, 9.17) is 23.9 Å². The molecule has 0 aliphatic carbocycles. The van der Waals surface area contributed by atoms with Crippen LogP contribution in [0.5, 0.6) is 17.2 Å². The summed E-state index contributed by atoms with van der Waals surface area (Å²) in [5.41, 5.74) is 3.45. The fourth-order valence-electron chi connectivity index (χ4n) is 5.20. The lowest BCUT2D eigenvalue weighted by molar-refractivity contribution is -0.139. The van der Waals surface area contributed by atoms with Gasteiger partial charge in [-0.05, 0) is 106 Å². The summed E-state index contributed by atoms with van der Waals surface area (Å²) >= 11 is 5.85. The highest BCUT2D eigenvalue weighted by molar-refractivity contribution is 14.1. The second-order valence-electron chi connectivity index (χ2n) is 10.1. The molecule has 2 aliphatic heterocycles. The summed E-state index contributed by atoms with van der Waals surface area (Å²) in [6.07, 6.45) is 3.22. The molecule has 1 unspecified atom stereocenters. The van der Waals surface area contributed by atoms with Crippen LogP contribution in [-0.4, -0.2) is 23.9 Å². The Hall–Kier alpha value is -3.17. The number of fused-ring (bicyclic) bond motifs is 2. The first-order chi connectivity index (χ1) is 21.4. The summed E-state index contributed by atoms with van der Waals surface area (Å²) < 4.78 is 26.8. The van der Waals surface area contributed by atoms with E-state index in [2.05, 4.69) is 45.2 Å². The molecule has 0 N–H and O–H groups in total. The summed E-state index contributed by atoms with van der Waals surface area (Å²) in [7, 11) is 0. The molecule has 6 rings (SSSR count). The zero-order chi connectivity index (χ0) is 30.8. The van der Waals surface area contributed by atoms with E-state index in [-0.39, 0.29) is 19.0 Å². The maximum atomic E-state index is 14.1. The number of aromatic nitrogens is 1. The number of hydrogen-bond donors (Lipinski definition) is 0. The fourth-order valence-corrected chi connectivity index (χ4v) is 8.35. The van der Waals surface area contributed by atoms with E-state index in [9.17, 15) is 9.59 Å². The van der Waals surface area contributed by atoms with Gasteiger partial charge in [0.1, 0.15) is 12.4 Å². The number of hydrogen-bond acceptors (Lipinski definition) is 8. The second kappa shape index (κ2) is 13.4. The number of allylic oxidation sites excluding steroid dienone is 1. The Balaban J connectivity index is 1.44. The van der Waals surface area contributed by atoms with Gasteiger partial charge in [0.15, 0.2) is 16.3 Å². The van der Waals surface area contributed by atoms with Gasteiger partial charge in [-0.25, -0.2) is 9.79 Å². The van der Waals surface area contributed by atoms with Crippen LogP contribution in [0.1, 0.15) is 49.4 Å². The number of carbonyl (C=O) groups is 1. The average Bonchev–Trinajstić information content (AvgIpc) is 3.60. The van der Waals surface area contributed by atoms with Gasteiger partial charge in [-0.15, -0.1) is 0 Å². The van der Waals surface area contributed by atoms with Crippen LogP contribution in [0.15, 0.2) is 81.7 Å². The maximum absolute atomic E-state index is 14.1. The van der Waals surface area contributed by atoms with Crippen molar-refractivity contribution >= 4 is 68.6 Å². The predicted molar refractivity (Wildman–Crippen MR) is 185 cm³/mol. The van der Waals surface area contributed by atoms with Crippen LogP contribution in [0.2, 0.25) is 0 Å². The minimum Gasteiger partial charge on any atom is -0.487 e. The largest absolute Gasteiger partial charge is 0.487 e. The van der Waals surface area contributed by atoms with Crippen molar-refractivity contribution in [3.05, 3.63) is 115 Å². The molecule has 0 bridgehead atoms. The van der Waals surface area contributed by atoms with Crippen molar-refractivity contribution in [1.29, 1.82) is 0 Å². The lowest BCUT2D eigenvalue weighted by Gasteiger charge is -2.25. The summed E-state index contributed by atoms with van der Waals surface area (Å²) in [6.45, 7) is 4.60. The van der Waals surface area contributed by atoms with Crippen molar-refractivity contribution in [1.82, 2.24) is 4.57 Å². The molecule has 0 fully saturated rings. The Bertz CT molecular complexity index is 1930. The molecule has 226 valence electrons. The number of nitrogens with zero attached hydrogens (tertiary/aromatic N) is 2. The van der Waals surface area contributed by atoms with Crippen molar-refractivity contribution in [2.45, 2.75) is 39.3 Å². The van der Waals surface area contributed by atoms with E-state index in [1.165, 1.54) is 11.3 Å². The van der Waals surface area contributed by atoms with Gasteiger partial charge in [-0.2, -0.15) is 0 Å². The average molecular weight is 834 g/mol. The maximum Gasteiger partial charge on any atom is 0.338 e. The minimum absolute atomic E-state index is 0.122. The Morgan fingerprint density at radius 2 is 1.82 bits per heavy atom. The molecule has 1 aromatic heterocycles. The van der Waals surface area contributed by atoms with Crippen LogP contribution in [0.4, 0.5) is 0 Å². The molecule has 2 aliphatic rings. The summed E-state index contributed by atoms with van der Waals surface area (Å²) in [5, 5.41) is 0. The lowest BCUT2D eigenvalue weighted by atomic mass is 9.94. The fraction of sp³-hybridized carbons (Fsp3) is 0.242. The third-order valence-electron chi connectivity index (χ3n) is 7.15. The predicted octanol–water partition coefficient (Wildman–Crippen LogP) is 6.10. The summed E-state index contributed by atoms with van der Waals surface area (Å²) in [4.78, 5) is 33.0. The highest BCUT2D eigenvalue weighted by Crippen LogP contribution is 2.39. The Kier molecular flexibility index (Phi) is 9.42. The first-order valence-electron chi connectivity index (χ1n) is 14.1. The first kappa shape index (κ1) is 30.8.